The lowest BCUT2D eigenvalue weighted by Gasteiger charge is -2.31. The largest absolute Gasteiger partial charge is 0.321 e. The van der Waals surface area contributed by atoms with Crippen molar-refractivity contribution in [2.24, 2.45) is 5.73 Å². The molecule has 1 heterocycles. The summed E-state index contributed by atoms with van der Waals surface area (Å²) in [6.45, 7) is 5.35. The highest BCUT2D eigenvalue weighted by Crippen LogP contribution is 2.22. The van der Waals surface area contributed by atoms with E-state index in [2.05, 4.69) is 55.1 Å². The second kappa shape index (κ2) is 5.39. The summed E-state index contributed by atoms with van der Waals surface area (Å²) in [4.78, 5) is 4.80. The molecule has 2 unspecified atom stereocenters. The van der Waals surface area contributed by atoms with Crippen LogP contribution in [-0.4, -0.2) is 49.6 Å². The first kappa shape index (κ1) is 13.5. The Morgan fingerprint density at radius 3 is 2.56 bits per heavy atom. The van der Waals surface area contributed by atoms with Crippen LogP contribution in [0.4, 0.5) is 0 Å². The van der Waals surface area contributed by atoms with Crippen LogP contribution < -0.4 is 5.73 Å². The molecule has 0 spiro atoms. The van der Waals surface area contributed by atoms with Crippen molar-refractivity contribution in [2.45, 2.75) is 24.9 Å². The van der Waals surface area contributed by atoms with E-state index in [1.165, 1.54) is 12.0 Å². The van der Waals surface area contributed by atoms with E-state index >= 15 is 0 Å². The van der Waals surface area contributed by atoms with Gasteiger partial charge in [-0.15, -0.1) is 0 Å². The van der Waals surface area contributed by atoms with Gasteiger partial charge in [-0.2, -0.15) is 0 Å². The van der Waals surface area contributed by atoms with Crippen LogP contribution in [0.5, 0.6) is 0 Å². The van der Waals surface area contributed by atoms with Gasteiger partial charge in [-0.25, -0.2) is 0 Å². The maximum absolute atomic E-state index is 6.48. The van der Waals surface area contributed by atoms with Gasteiger partial charge in [0.25, 0.3) is 0 Å². The number of nitrogens with zero attached hydrogens (tertiary/aromatic N) is 2. The Hall–Kier alpha value is -0.900. The van der Waals surface area contributed by atoms with E-state index in [0.717, 1.165) is 19.6 Å². The van der Waals surface area contributed by atoms with Gasteiger partial charge in [0.15, 0.2) is 0 Å². The lowest BCUT2D eigenvalue weighted by Crippen LogP contribution is -2.45. The fraction of sp³-hybridized carbons (Fsp3) is 0.600. The molecule has 0 saturated carbocycles. The standard InChI is InChI=1S/C15H25N3/c1-15(16,13-7-5-4-6-8-13)12-18-10-9-14(11-18)17(2)3/h4-8,14H,9-12,16H2,1-3H3. The Morgan fingerprint density at radius 2 is 2.00 bits per heavy atom. The average molecular weight is 247 g/mol. The molecule has 0 amide bonds. The monoisotopic (exact) mass is 247 g/mol. The minimum absolute atomic E-state index is 0.261. The van der Waals surface area contributed by atoms with Crippen molar-refractivity contribution in [1.82, 2.24) is 9.80 Å². The summed E-state index contributed by atoms with van der Waals surface area (Å²) in [5.41, 5.74) is 7.44. The molecule has 0 aromatic heterocycles. The van der Waals surface area contributed by atoms with E-state index in [-0.39, 0.29) is 5.54 Å². The molecule has 0 aliphatic carbocycles. The zero-order valence-corrected chi connectivity index (χ0v) is 11.8. The summed E-state index contributed by atoms with van der Waals surface area (Å²) < 4.78 is 0. The lowest BCUT2D eigenvalue weighted by atomic mass is 9.93. The number of likely N-dealkylation sites (N-methyl/N-ethyl adjacent to an activating group) is 1. The molecule has 3 heteroatoms. The van der Waals surface area contributed by atoms with Crippen molar-refractivity contribution in [3.8, 4) is 0 Å². The van der Waals surface area contributed by atoms with E-state index in [1.54, 1.807) is 0 Å². The van der Waals surface area contributed by atoms with Gasteiger partial charge in [0.1, 0.15) is 0 Å². The normalized spacial score (nSPS) is 24.4. The maximum atomic E-state index is 6.48. The molecule has 18 heavy (non-hydrogen) atoms. The number of benzene rings is 1. The highest BCUT2D eigenvalue weighted by atomic mass is 15.2. The van der Waals surface area contributed by atoms with Gasteiger partial charge in [0.05, 0.1) is 5.54 Å². The predicted octanol–water partition coefficient (Wildman–Crippen LogP) is 1.50. The second-order valence-corrected chi connectivity index (χ2v) is 5.92. The summed E-state index contributed by atoms with van der Waals surface area (Å²) in [7, 11) is 4.32. The molecule has 0 radical (unpaired) electrons. The molecule has 3 nitrogen and oxygen atoms in total. The van der Waals surface area contributed by atoms with Crippen molar-refractivity contribution in [3.05, 3.63) is 35.9 Å². The van der Waals surface area contributed by atoms with Crippen molar-refractivity contribution in [1.29, 1.82) is 0 Å². The van der Waals surface area contributed by atoms with E-state index in [4.69, 9.17) is 5.73 Å². The van der Waals surface area contributed by atoms with E-state index in [9.17, 15) is 0 Å². The first-order valence-corrected chi connectivity index (χ1v) is 6.72. The van der Waals surface area contributed by atoms with Crippen LogP contribution in [0.15, 0.2) is 30.3 Å². The number of hydrogen-bond donors (Lipinski definition) is 1. The van der Waals surface area contributed by atoms with Gasteiger partial charge in [0, 0.05) is 19.1 Å². The van der Waals surface area contributed by atoms with Crippen molar-refractivity contribution in [2.75, 3.05) is 33.7 Å². The summed E-state index contributed by atoms with van der Waals surface area (Å²) in [6.07, 6.45) is 1.25. The molecule has 1 aromatic rings. The molecule has 2 atom stereocenters. The zero-order chi connectivity index (χ0) is 13.2. The Morgan fingerprint density at radius 1 is 1.33 bits per heavy atom. The molecule has 1 fully saturated rings. The van der Waals surface area contributed by atoms with Crippen LogP contribution in [0.25, 0.3) is 0 Å². The van der Waals surface area contributed by atoms with Crippen LogP contribution in [0.2, 0.25) is 0 Å². The number of rotatable bonds is 4. The van der Waals surface area contributed by atoms with Crippen molar-refractivity contribution < 1.29 is 0 Å². The molecule has 1 saturated heterocycles. The Balaban J connectivity index is 1.97. The first-order chi connectivity index (χ1) is 8.49. The third-order valence-electron chi connectivity index (χ3n) is 3.96. The van der Waals surface area contributed by atoms with Crippen LogP contribution in [-0.2, 0) is 5.54 Å². The van der Waals surface area contributed by atoms with Crippen LogP contribution in [0, 0.1) is 0 Å². The predicted molar refractivity (Wildman–Crippen MR) is 76.5 cm³/mol. The second-order valence-electron chi connectivity index (χ2n) is 5.92. The third kappa shape index (κ3) is 3.10. The van der Waals surface area contributed by atoms with Crippen LogP contribution in [0.3, 0.4) is 0 Å². The zero-order valence-electron chi connectivity index (χ0n) is 11.8. The lowest BCUT2D eigenvalue weighted by molar-refractivity contribution is 0.231. The summed E-state index contributed by atoms with van der Waals surface area (Å²) >= 11 is 0. The number of hydrogen-bond acceptors (Lipinski definition) is 3. The summed E-state index contributed by atoms with van der Waals surface area (Å²) in [6, 6.07) is 11.1. The van der Waals surface area contributed by atoms with E-state index in [1.807, 2.05) is 6.07 Å². The van der Waals surface area contributed by atoms with Crippen molar-refractivity contribution in [3.63, 3.8) is 0 Å². The summed E-state index contributed by atoms with van der Waals surface area (Å²) in [5, 5.41) is 0. The van der Waals surface area contributed by atoms with E-state index in [0.29, 0.717) is 6.04 Å². The molecule has 100 valence electrons. The molecular weight excluding hydrogens is 222 g/mol. The molecule has 1 aromatic carbocycles. The van der Waals surface area contributed by atoms with Crippen LogP contribution in [0.1, 0.15) is 18.9 Å². The molecule has 2 N–H and O–H groups in total. The number of nitrogens with two attached hydrogens (primary N) is 1. The first-order valence-electron chi connectivity index (χ1n) is 6.72. The molecular formula is C15H25N3. The molecule has 1 aliphatic rings. The third-order valence-corrected chi connectivity index (χ3v) is 3.96. The average Bonchev–Trinajstić information content (AvgIpc) is 2.78. The van der Waals surface area contributed by atoms with Gasteiger partial charge in [-0.1, -0.05) is 30.3 Å². The van der Waals surface area contributed by atoms with E-state index < -0.39 is 0 Å². The highest BCUT2D eigenvalue weighted by molar-refractivity contribution is 5.23. The van der Waals surface area contributed by atoms with Gasteiger partial charge in [-0.3, -0.25) is 4.90 Å². The van der Waals surface area contributed by atoms with Gasteiger partial charge >= 0.3 is 0 Å². The SMILES string of the molecule is CN(C)C1CCN(CC(C)(N)c2ccccc2)C1. The van der Waals surface area contributed by atoms with Crippen LogP contribution >= 0.6 is 0 Å². The highest BCUT2D eigenvalue weighted by Gasteiger charge is 2.30. The quantitative estimate of drug-likeness (QED) is 0.875. The molecule has 1 aliphatic heterocycles. The maximum Gasteiger partial charge on any atom is 0.0509 e. The molecule has 0 bridgehead atoms. The van der Waals surface area contributed by atoms with Gasteiger partial charge in [-0.05, 0) is 39.5 Å². The van der Waals surface area contributed by atoms with Crippen molar-refractivity contribution >= 4 is 0 Å². The van der Waals surface area contributed by atoms with Gasteiger partial charge in [0.2, 0.25) is 0 Å². The smallest absolute Gasteiger partial charge is 0.0509 e. The Labute approximate surface area is 111 Å². The Bertz CT molecular complexity index is 373. The topological polar surface area (TPSA) is 32.5 Å². The minimum Gasteiger partial charge on any atom is -0.321 e. The minimum atomic E-state index is -0.261. The fourth-order valence-electron chi connectivity index (χ4n) is 2.75. The fourth-order valence-corrected chi connectivity index (χ4v) is 2.75. The molecule has 2 rings (SSSR count). The van der Waals surface area contributed by atoms with Gasteiger partial charge < -0.3 is 10.6 Å². The summed E-state index contributed by atoms with van der Waals surface area (Å²) in [5.74, 6) is 0. The Kier molecular flexibility index (Phi) is 4.05. The number of likely N-dealkylation sites (tertiary alicyclic amines) is 1.